The molecule has 1 aliphatic rings. The van der Waals surface area contributed by atoms with Gasteiger partial charge in [-0.2, -0.15) is 0 Å². The van der Waals surface area contributed by atoms with Gasteiger partial charge < -0.3 is 9.84 Å². The molecule has 0 aromatic heterocycles. The fourth-order valence-electron chi connectivity index (χ4n) is 1.61. The molecule has 1 atom stereocenters. The molecule has 1 aromatic rings. The molecule has 1 fully saturated rings. The summed E-state index contributed by atoms with van der Waals surface area (Å²) >= 11 is 0. The summed E-state index contributed by atoms with van der Waals surface area (Å²) < 4.78 is 5.04. The SMILES string of the molecule is O=C(Oc1ccccc1)C(O)C1CCC1. The summed E-state index contributed by atoms with van der Waals surface area (Å²) in [6, 6.07) is 8.83. The van der Waals surface area contributed by atoms with Crippen molar-refractivity contribution in [3.63, 3.8) is 0 Å². The van der Waals surface area contributed by atoms with E-state index in [1.807, 2.05) is 6.07 Å². The van der Waals surface area contributed by atoms with Gasteiger partial charge in [-0.05, 0) is 30.9 Å². The second-order valence-electron chi connectivity index (χ2n) is 3.87. The number of aliphatic hydroxyl groups is 1. The van der Waals surface area contributed by atoms with Crippen LogP contribution in [0.25, 0.3) is 0 Å². The van der Waals surface area contributed by atoms with Crippen molar-refractivity contribution in [2.24, 2.45) is 5.92 Å². The molecule has 15 heavy (non-hydrogen) atoms. The summed E-state index contributed by atoms with van der Waals surface area (Å²) in [7, 11) is 0. The molecule has 1 aliphatic carbocycles. The number of benzene rings is 1. The quantitative estimate of drug-likeness (QED) is 0.605. The van der Waals surface area contributed by atoms with Crippen LogP contribution in [0.5, 0.6) is 5.75 Å². The largest absolute Gasteiger partial charge is 0.425 e. The molecule has 0 amide bonds. The van der Waals surface area contributed by atoms with Gasteiger partial charge >= 0.3 is 5.97 Å². The summed E-state index contributed by atoms with van der Waals surface area (Å²) in [5, 5.41) is 9.62. The Kier molecular flexibility index (Phi) is 3.02. The normalized spacial score (nSPS) is 17.9. The molecule has 3 nitrogen and oxygen atoms in total. The van der Waals surface area contributed by atoms with Crippen molar-refractivity contribution >= 4 is 5.97 Å². The van der Waals surface area contributed by atoms with Crippen LogP contribution in [-0.2, 0) is 4.79 Å². The van der Waals surface area contributed by atoms with E-state index in [9.17, 15) is 9.90 Å². The number of aliphatic hydroxyl groups excluding tert-OH is 1. The Labute approximate surface area is 88.7 Å². The summed E-state index contributed by atoms with van der Waals surface area (Å²) in [5.74, 6) is 0.0491. The monoisotopic (exact) mass is 206 g/mol. The molecule has 0 aliphatic heterocycles. The minimum absolute atomic E-state index is 0.0983. The minimum Gasteiger partial charge on any atom is -0.425 e. The molecule has 1 aromatic carbocycles. The standard InChI is InChI=1S/C12H14O3/c13-11(9-5-4-6-9)12(14)15-10-7-2-1-3-8-10/h1-3,7-9,11,13H,4-6H2. The van der Waals surface area contributed by atoms with Gasteiger partial charge in [0.2, 0.25) is 0 Å². The molecular weight excluding hydrogens is 192 g/mol. The van der Waals surface area contributed by atoms with E-state index in [0.717, 1.165) is 19.3 Å². The van der Waals surface area contributed by atoms with Crippen molar-refractivity contribution < 1.29 is 14.6 Å². The third-order valence-electron chi connectivity index (χ3n) is 2.80. The minimum atomic E-state index is -0.959. The van der Waals surface area contributed by atoms with Gasteiger partial charge in [-0.3, -0.25) is 0 Å². The van der Waals surface area contributed by atoms with E-state index >= 15 is 0 Å². The van der Waals surface area contributed by atoms with Crippen LogP contribution in [0.15, 0.2) is 30.3 Å². The van der Waals surface area contributed by atoms with Crippen LogP contribution in [0.4, 0.5) is 0 Å². The fourth-order valence-corrected chi connectivity index (χ4v) is 1.61. The highest BCUT2D eigenvalue weighted by atomic mass is 16.5. The Bertz CT molecular complexity index is 330. The summed E-state index contributed by atoms with van der Waals surface area (Å²) in [4.78, 5) is 11.5. The van der Waals surface area contributed by atoms with Crippen molar-refractivity contribution in [1.82, 2.24) is 0 Å². The maximum atomic E-state index is 11.5. The Morgan fingerprint density at radius 1 is 1.33 bits per heavy atom. The number of hydrogen-bond acceptors (Lipinski definition) is 3. The zero-order valence-corrected chi connectivity index (χ0v) is 8.43. The van der Waals surface area contributed by atoms with Crippen molar-refractivity contribution in [2.45, 2.75) is 25.4 Å². The lowest BCUT2D eigenvalue weighted by Crippen LogP contribution is -2.36. The Morgan fingerprint density at radius 3 is 2.53 bits per heavy atom. The van der Waals surface area contributed by atoms with Crippen LogP contribution in [0.2, 0.25) is 0 Å². The second-order valence-corrected chi connectivity index (χ2v) is 3.87. The first-order valence-electron chi connectivity index (χ1n) is 5.22. The lowest BCUT2D eigenvalue weighted by atomic mass is 9.81. The highest BCUT2D eigenvalue weighted by molar-refractivity contribution is 5.77. The summed E-state index contributed by atoms with van der Waals surface area (Å²) in [6.07, 6.45) is 1.98. The molecule has 0 heterocycles. The molecule has 0 radical (unpaired) electrons. The van der Waals surface area contributed by atoms with Crippen molar-refractivity contribution in [3.05, 3.63) is 30.3 Å². The van der Waals surface area contributed by atoms with Crippen LogP contribution < -0.4 is 4.74 Å². The van der Waals surface area contributed by atoms with Crippen LogP contribution in [0.3, 0.4) is 0 Å². The van der Waals surface area contributed by atoms with Gasteiger partial charge in [0.15, 0.2) is 6.10 Å². The molecule has 2 rings (SSSR count). The molecule has 3 heteroatoms. The van der Waals surface area contributed by atoms with Crippen molar-refractivity contribution in [3.8, 4) is 5.75 Å². The van der Waals surface area contributed by atoms with E-state index in [1.54, 1.807) is 24.3 Å². The number of rotatable bonds is 3. The number of esters is 1. The maximum absolute atomic E-state index is 11.5. The third kappa shape index (κ3) is 2.36. The zero-order chi connectivity index (χ0) is 10.7. The number of ether oxygens (including phenoxy) is 1. The lowest BCUT2D eigenvalue weighted by molar-refractivity contribution is -0.148. The molecule has 1 unspecified atom stereocenters. The average Bonchev–Trinajstić information content (AvgIpc) is 2.16. The van der Waals surface area contributed by atoms with Gasteiger partial charge in [0, 0.05) is 0 Å². The van der Waals surface area contributed by atoms with E-state index in [2.05, 4.69) is 0 Å². The topological polar surface area (TPSA) is 46.5 Å². The van der Waals surface area contributed by atoms with Gasteiger partial charge in [-0.1, -0.05) is 24.6 Å². The number of hydrogen-bond donors (Lipinski definition) is 1. The van der Waals surface area contributed by atoms with E-state index in [-0.39, 0.29) is 5.92 Å². The molecule has 1 N–H and O–H groups in total. The van der Waals surface area contributed by atoms with Crippen LogP contribution in [0, 0.1) is 5.92 Å². The van der Waals surface area contributed by atoms with Gasteiger partial charge in [0.1, 0.15) is 5.75 Å². The highest BCUT2D eigenvalue weighted by Gasteiger charge is 2.32. The van der Waals surface area contributed by atoms with E-state index in [1.165, 1.54) is 0 Å². The predicted molar refractivity (Wildman–Crippen MR) is 55.4 cm³/mol. The first-order valence-corrected chi connectivity index (χ1v) is 5.22. The first-order chi connectivity index (χ1) is 7.27. The number of carbonyl (C=O) groups excluding carboxylic acids is 1. The average molecular weight is 206 g/mol. The Hall–Kier alpha value is -1.35. The molecule has 0 saturated heterocycles. The highest BCUT2D eigenvalue weighted by Crippen LogP contribution is 2.30. The molecule has 0 spiro atoms. The summed E-state index contributed by atoms with van der Waals surface area (Å²) in [5.41, 5.74) is 0. The van der Waals surface area contributed by atoms with Crippen molar-refractivity contribution in [2.75, 3.05) is 0 Å². The molecule has 0 bridgehead atoms. The van der Waals surface area contributed by atoms with E-state index in [4.69, 9.17) is 4.74 Å². The van der Waals surface area contributed by atoms with Crippen LogP contribution in [-0.4, -0.2) is 17.2 Å². The van der Waals surface area contributed by atoms with Gasteiger partial charge in [-0.15, -0.1) is 0 Å². The smallest absolute Gasteiger partial charge is 0.340 e. The molecule has 1 saturated carbocycles. The van der Waals surface area contributed by atoms with Crippen LogP contribution in [0.1, 0.15) is 19.3 Å². The van der Waals surface area contributed by atoms with E-state index < -0.39 is 12.1 Å². The van der Waals surface area contributed by atoms with Crippen LogP contribution >= 0.6 is 0 Å². The molecular formula is C12H14O3. The lowest BCUT2D eigenvalue weighted by Gasteiger charge is -2.28. The second kappa shape index (κ2) is 4.45. The zero-order valence-electron chi connectivity index (χ0n) is 8.43. The van der Waals surface area contributed by atoms with Gasteiger partial charge in [0.05, 0.1) is 0 Å². The predicted octanol–water partition coefficient (Wildman–Crippen LogP) is 1.75. The Balaban J connectivity index is 1.91. The third-order valence-corrected chi connectivity index (χ3v) is 2.80. The van der Waals surface area contributed by atoms with Gasteiger partial charge in [0.25, 0.3) is 0 Å². The Morgan fingerprint density at radius 2 is 2.00 bits per heavy atom. The fraction of sp³-hybridized carbons (Fsp3) is 0.417. The van der Waals surface area contributed by atoms with E-state index in [0.29, 0.717) is 5.75 Å². The first kappa shape index (κ1) is 10.2. The molecule has 80 valence electrons. The van der Waals surface area contributed by atoms with Crippen molar-refractivity contribution in [1.29, 1.82) is 0 Å². The number of carbonyl (C=O) groups is 1. The maximum Gasteiger partial charge on any atom is 0.340 e. The van der Waals surface area contributed by atoms with Gasteiger partial charge in [-0.25, -0.2) is 4.79 Å². The number of para-hydroxylation sites is 1. The summed E-state index contributed by atoms with van der Waals surface area (Å²) in [6.45, 7) is 0.